The van der Waals surface area contributed by atoms with E-state index < -0.39 is 12.0 Å². The molecular formula is C28H30N2O4. The van der Waals surface area contributed by atoms with Crippen LogP contribution in [0, 0.1) is 0 Å². The van der Waals surface area contributed by atoms with E-state index in [0.29, 0.717) is 17.9 Å². The first-order valence-corrected chi connectivity index (χ1v) is 12.0. The predicted octanol–water partition coefficient (Wildman–Crippen LogP) is 5.22. The average molecular weight is 459 g/mol. The van der Waals surface area contributed by atoms with E-state index in [-0.39, 0.29) is 17.9 Å². The third kappa shape index (κ3) is 4.20. The molecule has 1 N–H and O–H groups in total. The zero-order valence-electron chi connectivity index (χ0n) is 19.4. The summed E-state index contributed by atoms with van der Waals surface area (Å²) >= 11 is 0. The standard InChI is InChI=1S/C28H30N2O4/c1-33-21-15-13-19(14-16-21)26-25(27(31)29-18-22-10-7-17-34-22)23-11-5-6-12-24(23)28(32)30(26)20-8-3-2-4-9-20/h5-7,10-17,20,25-26H,2-4,8-9,18H2,1H3,(H,29,31)/t25-,26-/m0/s1. The molecule has 2 aliphatic rings. The molecule has 2 amide bonds. The minimum atomic E-state index is -0.529. The molecule has 0 bridgehead atoms. The number of hydrogen-bond donors (Lipinski definition) is 1. The molecule has 1 aromatic heterocycles. The van der Waals surface area contributed by atoms with Gasteiger partial charge in [-0.15, -0.1) is 0 Å². The number of carbonyl (C=O) groups excluding carboxylic acids is 2. The number of methoxy groups -OCH3 is 1. The van der Waals surface area contributed by atoms with E-state index in [1.165, 1.54) is 6.42 Å². The number of hydrogen-bond acceptors (Lipinski definition) is 4. The summed E-state index contributed by atoms with van der Waals surface area (Å²) in [5, 5.41) is 3.06. The van der Waals surface area contributed by atoms with Crippen molar-refractivity contribution in [2.75, 3.05) is 7.11 Å². The van der Waals surface area contributed by atoms with E-state index in [0.717, 1.165) is 42.6 Å². The van der Waals surface area contributed by atoms with Crippen LogP contribution >= 0.6 is 0 Å². The Morgan fingerprint density at radius 2 is 1.79 bits per heavy atom. The number of furan rings is 1. The largest absolute Gasteiger partial charge is 0.497 e. The second-order valence-electron chi connectivity index (χ2n) is 9.08. The van der Waals surface area contributed by atoms with Crippen LogP contribution in [-0.2, 0) is 11.3 Å². The van der Waals surface area contributed by atoms with E-state index in [1.807, 2.05) is 59.5 Å². The fraction of sp³-hybridized carbons (Fsp3) is 0.357. The highest BCUT2D eigenvalue weighted by Gasteiger charge is 2.46. The number of ether oxygens (including phenoxy) is 1. The first-order valence-electron chi connectivity index (χ1n) is 12.0. The fourth-order valence-corrected chi connectivity index (χ4v) is 5.45. The highest BCUT2D eigenvalue weighted by molar-refractivity contribution is 6.01. The number of fused-ring (bicyclic) bond motifs is 1. The van der Waals surface area contributed by atoms with E-state index >= 15 is 0 Å². The number of nitrogens with zero attached hydrogens (tertiary/aromatic N) is 1. The van der Waals surface area contributed by atoms with Crippen molar-refractivity contribution < 1.29 is 18.7 Å². The number of nitrogens with one attached hydrogen (secondary N) is 1. The molecule has 1 aliphatic carbocycles. The van der Waals surface area contributed by atoms with Crippen molar-refractivity contribution >= 4 is 11.8 Å². The lowest BCUT2D eigenvalue weighted by atomic mass is 9.77. The molecule has 0 radical (unpaired) electrons. The lowest BCUT2D eigenvalue weighted by Gasteiger charge is -2.46. The van der Waals surface area contributed by atoms with Crippen LogP contribution in [0.25, 0.3) is 0 Å². The van der Waals surface area contributed by atoms with E-state index in [1.54, 1.807) is 19.4 Å². The Bertz CT molecular complexity index is 1130. The first kappa shape index (κ1) is 22.3. The van der Waals surface area contributed by atoms with Crippen LogP contribution in [-0.4, -0.2) is 29.9 Å². The van der Waals surface area contributed by atoms with Crippen LogP contribution in [0.5, 0.6) is 5.75 Å². The molecule has 34 heavy (non-hydrogen) atoms. The van der Waals surface area contributed by atoms with Crippen LogP contribution in [0.1, 0.15) is 71.3 Å². The van der Waals surface area contributed by atoms with Gasteiger partial charge in [-0.05, 0) is 54.3 Å². The molecule has 5 rings (SSSR count). The Kier molecular flexibility index (Phi) is 6.39. The summed E-state index contributed by atoms with van der Waals surface area (Å²) in [5.74, 6) is 0.809. The van der Waals surface area contributed by atoms with Crippen LogP contribution in [0.15, 0.2) is 71.3 Å². The van der Waals surface area contributed by atoms with Gasteiger partial charge in [0, 0.05) is 11.6 Å². The zero-order chi connectivity index (χ0) is 23.5. The summed E-state index contributed by atoms with van der Waals surface area (Å²) in [6.07, 6.45) is 6.90. The van der Waals surface area contributed by atoms with Crippen molar-refractivity contribution in [2.45, 2.75) is 56.7 Å². The molecule has 176 valence electrons. The summed E-state index contributed by atoms with van der Waals surface area (Å²) in [7, 11) is 1.63. The molecule has 2 atom stereocenters. The van der Waals surface area contributed by atoms with Crippen molar-refractivity contribution in [3.63, 3.8) is 0 Å². The molecule has 1 aliphatic heterocycles. The van der Waals surface area contributed by atoms with Crippen LogP contribution in [0.3, 0.4) is 0 Å². The Morgan fingerprint density at radius 3 is 2.50 bits per heavy atom. The molecule has 3 aromatic rings. The van der Waals surface area contributed by atoms with E-state index in [2.05, 4.69) is 5.32 Å². The second-order valence-corrected chi connectivity index (χ2v) is 9.08. The minimum absolute atomic E-state index is 0.0124. The Balaban J connectivity index is 1.59. The van der Waals surface area contributed by atoms with Gasteiger partial charge in [-0.25, -0.2) is 0 Å². The smallest absolute Gasteiger partial charge is 0.254 e. The molecule has 1 fully saturated rings. The van der Waals surface area contributed by atoms with Gasteiger partial charge in [0.25, 0.3) is 5.91 Å². The normalized spacial score (nSPS) is 20.6. The molecule has 0 saturated heterocycles. The highest BCUT2D eigenvalue weighted by atomic mass is 16.5. The lowest BCUT2D eigenvalue weighted by Crippen LogP contribution is -2.51. The van der Waals surface area contributed by atoms with Gasteiger partial charge in [-0.2, -0.15) is 0 Å². The predicted molar refractivity (Wildman–Crippen MR) is 129 cm³/mol. The van der Waals surface area contributed by atoms with E-state index in [9.17, 15) is 9.59 Å². The van der Waals surface area contributed by atoms with Crippen molar-refractivity contribution in [2.24, 2.45) is 0 Å². The van der Waals surface area contributed by atoms with Gasteiger partial charge < -0.3 is 19.4 Å². The Hall–Kier alpha value is -3.54. The maximum atomic E-state index is 13.9. The van der Waals surface area contributed by atoms with Gasteiger partial charge in [0.05, 0.1) is 31.9 Å². The summed E-state index contributed by atoms with van der Waals surface area (Å²) in [6.45, 7) is 0.303. The topological polar surface area (TPSA) is 71.8 Å². The third-order valence-electron chi connectivity index (χ3n) is 7.10. The maximum absolute atomic E-state index is 13.9. The van der Waals surface area contributed by atoms with Gasteiger partial charge in [-0.1, -0.05) is 49.6 Å². The van der Waals surface area contributed by atoms with Gasteiger partial charge in [0.2, 0.25) is 5.91 Å². The molecule has 2 heterocycles. The summed E-state index contributed by atoms with van der Waals surface area (Å²) in [5.41, 5.74) is 2.33. The second kappa shape index (κ2) is 9.75. The minimum Gasteiger partial charge on any atom is -0.497 e. The Morgan fingerprint density at radius 1 is 1.03 bits per heavy atom. The van der Waals surface area contributed by atoms with Gasteiger partial charge >= 0.3 is 0 Å². The SMILES string of the molecule is COc1ccc([C@H]2[C@@H](C(=O)NCc3ccco3)c3ccccc3C(=O)N2C2CCCCC2)cc1. The lowest BCUT2D eigenvalue weighted by molar-refractivity contribution is -0.124. The maximum Gasteiger partial charge on any atom is 0.254 e. The van der Waals surface area contributed by atoms with Crippen molar-refractivity contribution in [3.05, 3.63) is 89.4 Å². The molecule has 6 heteroatoms. The Labute approximate surface area is 199 Å². The summed E-state index contributed by atoms with van der Waals surface area (Å²) < 4.78 is 10.8. The van der Waals surface area contributed by atoms with Crippen molar-refractivity contribution in [1.82, 2.24) is 10.2 Å². The summed E-state index contributed by atoms with van der Waals surface area (Å²) in [6, 6.07) is 18.7. The molecule has 1 saturated carbocycles. The number of amides is 2. The van der Waals surface area contributed by atoms with Gasteiger partial charge in [0.15, 0.2) is 0 Å². The van der Waals surface area contributed by atoms with Crippen LogP contribution in [0.4, 0.5) is 0 Å². The molecule has 6 nitrogen and oxygen atoms in total. The monoisotopic (exact) mass is 458 g/mol. The van der Waals surface area contributed by atoms with Crippen molar-refractivity contribution in [3.8, 4) is 5.75 Å². The van der Waals surface area contributed by atoms with Crippen LogP contribution < -0.4 is 10.1 Å². The van der Waals surface area contributed by atoms with Gasteiger partial charge in [-0.3, -0.25) is 9.59 Å². The van der Waals surface area contributed by atoms with E-state index in [4.69, 9.17) is 9.15 Å². The third-order valence-corrected chi connectivity index (χ3v) is 7.10. The fourth-order valence-electron chi connectivity index (χ4n) is 5.45. The van der Waals surface area contributed by atoms with Gasteiger partial charge in [0.1, 0.15) is 11.5 Å². The first-order chi connectivity index (χ1) is 16.7. The molecule has 0 unspecified atom stereocenters. The van der Waals surface area contributed by atoms with Crippen molar-refractivity contribution in [1.29, 1.82) is 0 Å². The van der Waals surface area contributed by atoms with Crippen LogP contribution in [0.2, 0.25) is 0 Å². The quantitative estimate of drug-likeness (QED) is 0.550. The average Bonchev–Trinajstić information content (AvgIpc) is 3.41. The molecular weight excluding hydrogens is 428 g/mol. The molecule has 2 aromatic carbocycles. The molecule has 0 spiro atoms. The number of rotatable bonds is 6. The highest BCUT2D eigenvalue weighted by Crippen LogP contribution is 2.46. The number of benzene rings is 2. The zero-order valence-corrected chi connectivity index (χ0v) is 19.4. The summed E-state index contributed by atoms with van der Waals surface area (Å²) in [4.78, 5) is 29.7. The number of carbonyl (C=O) groups is 2.